The van der Waals surface area contributed by atoms with E-state index in [-0.39, 0.29) is 42.4 Å². The number of nitrogens with one attached hydrogen (secondary N) is 1. The predicted octanol–water partition coefficient (Wildman–Crippen LogP) is 3.29. The second-order valence-corrected chi connectivity index (χ2v) is 7.18. The second kappa shape index (κ2) is 7.38. The zero-order valence-electron chi connectivity index (χ0n) is 15.3. The Morgan fingerprint density at radius 3 is 2.11 bits per heavy atom. The van der Waals surface area contributed by atoms with E-state index in [4.69, 9.17) is 0 Å². The highest BCUT2D eigenvalue weighted by atomic mass is 16.2. The Kier molecular flexibility index (Phi) is 4.77. The van der Waals surface area contributed by atoms with Crippen LogP contribution < -0.4 is 5.32 Å². The average Bonchev–Trinajstić information content (AvgIpc) is 3.52. The maximum atomic E-state index is 12.3. The number of rotatable bonds is 7. The van der Waals surface area contributed by atoms with Crippen LogP contribution in [0.25, 0.3) is 0 Å². The van der Waals surface area contributed by atoms with Gasteiger partial charge >= 0.3 is 0 Å². The predicted molar refractivity (Wildman–Crippen MR) is 103 cm³/mol. The first-order chi connectivity index (χ1) is 13.5. The van der Waals surface area contributed by atoms with Gasteiger partial charge in [-0.2, -0.15) is 0 Å². The van der Waals surface area contributed by atoms with Crippen molar-refractivity contribution in [3.8, 4) is 0 Å². The van der Waals surface area contributed by atoms with Crippen LogP contribution in [0.1, 0.15) is 56.8 Å². The number of benzene rings is 2. The maximum absolute atomic E-state index is 12.3. The molecule has 6 heteroatoms. The van der Waals surface area contributed by atoms with Gasteiger partial charge in [0.1, 0.15) is 0 Å². The summed E-state index contributed by atoms with van der Waals surface area (Å²) in [4.78, 5) is 49.9. The monoisotopic (exact) mass is 376 g/mol. The molecule has 1 aliphatic heterocycles. The minimum absolute atomic E-state index is 0.166. The molecule has 0 atom stereocenters. The molecule has 2 aliphatic rings. The van der Waals surface area contributed by atoms with E-state index in [2.05, 4.69) is 5.32 Å². The van der Waals surface area contributed by atoms with E-state index in [0.29, 0.717) is 28.8 Å². The number of anilines is 1. The van der Waals surface area contributed by atoms with Gasteiger partial charge in [-0.05, 0) is 55.7 Å². The van der Waals surface area contributed by atoms with Crippen LogP contribution in [0.2, 0.25) is 0 Å². The second-order valence-electron chi connectivity index (χ2n) is 7.18. The Morgan fingerprint density at radius 1 is 0.929 bits per heavy atom. The molecule has 142 valence electrons. The van der Waals surface area contributed by atoms with Crippen molar-refractivity contribution in [3.63, 3.8) is 0 Å². The summed E-state index contributed by atoms with van der Waals surface area (Å²) in [6.07, 6.45) is 2.50. The van der Waals surface area contributed by atoms with Crippen molar-refractivity contribution in [1.29, 1.82) is 0 Å². The van der Waals surface area contributed by atoms with Crippen molar-refractivity contribution in [3.05, 3.63) is 65.2 Å². The molecule has 4 rings (SSSR count). The summed E-state index contributed by atoms with van der Waals surface area (Å²) < 4.78 is 0. The lowest BCUT2D eigenvalue weighted by atomic mass is 10.1. The van der Waals surface area contributed by atoms with Crippen LogP contribution in [0, 0.1) is 5.92 Å². The Hall–Kier alpha value is -3.28. The van der Waals surface area contributed by atoms with Crippen LogP contribution in [-0.2, 0) is 4.79 Å². The van der Waals surface area contributed by atoms with Gasteiger partial charge in [-0.25, -0.2) is 0 Å². The zero-order chi connectivity index (χ0) is 19.7. The minimum Gasteiger partial charge on any atom is -0.326 e. The van der Waals surface area contributed by atoms with E-state index in [1.165, 1.54) is 4.90 Å². The first-order valence-corrected chi connectivity index (χ1v) is 9.44. The molecule has 1 aliphatic carbocycles. The smallest absolute Gasteiger partial charge is 0.261 e. The van der Waals surface area contributed by atoms with Gasteiger partial charge in [-0.15, -0.1) is 0 Å². The van der Waals surface area contributed by atoms with Crippen LogP contribution in [0.5, 0.6) is 0 Å². The van der Waals surface area contributed by atoms with E-state index in [1.54, 1.807) is 48.5 Å². The highest BCUT2D eigenvalue weighted by Gasteiger charge is 2.34. The molecule has 1 saturated carbocycles. The van der Waals surface area contributed by atoms with Gasteiger partial charge in [0.15, 0.2) is 5.78 Å². The van der Waals surface area contributed by atoms with Gasteiger partial charge in [0, 0.05) is 30.1 Å². The lowest BCUT2D eigenvalue weighted by molar-refractivity contribution is -0.116. The molecule has 0 aromatic heterocycles. The molecule has 0 saturated heterocycles. The molecular weight excluding hydrogens is 356 g/mol. The fraction of sp³-hybridized carbons (Fsp3) is 0.273. The Balaban J connectivity index is 1.27. The molecule has 3 amide bonds. The number of hydrogen-bond acceptors (Lipinski definition) is 4. The van der Waals surface area contributed by atoms with Gasteiger partial charge in [-0.1, -0.05) is 12.1 Å². The Labute approximate surface area is 162 Å². The van der Waals surface area contributed by atoms with E-state index in [0.717, 1.165) is 12.8 Å². The van der Waals surface area contributed by atoms with Crippen molar-refractivity contribution in [2.75, 3.05) is 11.9 Å². The van der Waals surface area contributed by atoms with Crippen LogP contribution in [-0.4, -0.2) is 34.9 Å². The van der Waals surface area contributed by atoms with Crippen LogP contribution in [0.4, 0.5) is 5.69 Å². The largest absolute Gasteiger partial charge is 0.326 e. The molecule has 28 heavy (non-hydrogen) atoms. The topological polar surface area (TPSA) is 83.6 Å². The number of imide groups is 1. The van der Waals surface area contributed by atoms with Crippen LogP contribution in [0.3, 0.4) is 0 Å². The molecule has 6 nitrogen and oxygen atoms in total. The number of carbonyl (C=O) groups excluding carboxylic acids is 4. The van der Waals surface area contributed by atoms with Gasteiger partial charge in [-0.3, -0.25) is 24.1 Å². The molecule has 1 heterocycles. The van der Waals surface area contributed by atoms with E-state index in [1.807, 2.05) is 0 Å². The number of nitrogens with zero attached hydrogens (tertiary/aromatic N) is 1. The maximum Gasteiger partial charge on any atom is 0.261 e. The number of hydrogen-bond donors (Lipinski definition) is 1. The van der Waals surface area contributed by atoms with Crippen molar-refractivity contribution < 1.29 is 19.2 Å². The zero-order valence-corrected chi connectivity index (χ0v) is 15.3. The highest BCUT2D eigenvalue weighted by Crippen LogP contribution is 2.32. The van der Waals surface area contributed by atoms with E-state index in [9.17, 15) is 19.2 Å². The summed E-state index contributed by atoms with van der Waals surface area (Å²) in [7, 11) is 0. The standard InChI is InChI=1S/C22H20N2O4/c25-19(23-16-11-9-15(10-12-16)20(26)14-7-8-14)6-3-13-24-21(27)17-4-1-2-5-18(17)22(24)28/h1-2,4-5,9-12,14H,3,6-8,13H2,(H,23,25). The molecule has 1 N–H and O–H groups in total. The third-order valence-corrected chi connectivity index (χ3v) is 5.07. The number of amides is 3. The average molecular weight is 376 g/mol. The molecule has 0 spiro atoms. The van der Waals surface area contributed by atoms with Crippen molar-refractivity contribution >= 4 is 29.2 Å². The lowest BCUT2D eigenvalue weighted by Gasteiger charge is -2.13. The third-order valence-electron chi connectivity index (χ3n) is 5.07. The first kappa shape index (κ1) is 18.1. The molecule has 1 fully saturated rings. The van der Waals surface area contributed by atoms with Gasteiger partial charge < -0.3 is 5.32 Å². The van der Waals surface area contributed by atoms with Crippen molar-refractivity contribution in [2.24, 2.45) is 5.92 Å². The lowest BCUT2D eigenvalue weighted by Crippen LogP contribution is -2.31. The summed E-state index contributed by atoms with van der Waals surface area (Å²) in [5.74, 6) is -0.479. The van der Waals surface area contributed by atoms with Crippen LogP contribution >= 0.6 is 0 Å². The fourth-order valence-electron chi connectivity index (χ4n) is 3.36. The normalized spacial score (nSPS) is 15.5. The molecule has 0 bridgehead atoms. The molecule has 0 radical (unpaired) electrons. The molecule has 2 aromatic carbocycles. The number of fused-ring (bicyclic) bond motifs is 1. The molecular formula is C22H20N2O4. The summed E-state index contributed by atoms with van der Waals surface area (Å²) in [6.45, 7) is 0.203. The van der Waals surface area contributed by atoms with Crippen LogP contribution in [0.15, 0.2) is 48.5 Å². The van der Waals surface area contributed by atoms with E-state index < -0.39 is 0 Å². The number of Topliss-reactive ketones (excluding diaryl/α,β-unsaturated/α-hetero) is 1. The van der Waals surface area contributed by atoms with Crippen molar-refractivity contribution in [1.82, 2.24) is 4.90 Å². The SMILES string of the molecule is O=C(CCCN1C(=O)c2ccccc2C1=O)Nc1ccc(C(=O)C2CC2)cc1. The molecule has 0 unspecified atom stereocenters. The number of ketones is 1. The van der Waals surface area contributed by atoms with Gasteiger partial charge in [0.2, 0.25) is 5.91 Å². The fourth-order valence-corrected chi connectivity index (χ4v) is 3.36. The third kappa shape index (κ3) is 3.58. The summed E-state index contributed by atoms with van der Waals surface area (Å²) >= 11 is 0. The quantitative estimate of drug-likeness (QED) is 0.594. The van der Waals surface area contributed by atoms with Crippen molar-refractivity contribution in [2.45, 2.75) is 25.7 Å². The Bertz CT molecular complexity index is 926. The highest BCUT2D eigenvalue weighted by molar-refractivity contribution is 6.21. The summed E-state index contributed by atoms with van der Waals surface area (Å²) in [6, 6.07) is 13.6. The van der Waals surface area contributed by atoms with E-state index >= 15 is 0 Å². The summed E-state index contributed by atoms with van der Waals surface area (Å²) in [5, 5.41) is 2.78. The summed E-state index contributed by atoms with van der Waals surface area (Å²) in [5.41, 5.74) is 2.12. The van der Waals surface area contributed by atoms with Gasteiger partial charge in [0.05, 0.1) is 11.1 Å². The van der Waals surface area contributed by atoms with Gasteiger partial charge in [0.25, 0.3) is 11.8 Å². The molecule has 2 aromatic rings. The number of carbonyl (C=O) groups is 4. The Morgan fingerprint density at radius 2 is 1.54 bits per heavy atom. The minimum atomic E-state index is -0.308. The first-order valence-electron chi connectivity index (χ1n) is 9.44.